The number of fused-ring (bicyclic) bond motifs is 1. The van der Waals surface area contributed by atoms with Crippen LogP contribution in [0.2, 0.25) is 0 Å². The molecule has 114 valence electrons. The minimum atomic E-state index is 0.178. The quantitative estimate of drug-likeness (QED) is 0.658. The molecule has 0 saturated carbocycles. The zero-order chi connectivity index (χ0) is 15.4. The monoisotopic (exact) mass is 319 g/mol. The highest BCUT2D eigenvalue weighted by molar-refractivity contribution is 7.10. The number of nitrogens with zero attached hydrogens (tertiary/aromatic N) is 1. The fraction of sp³-hybridized carbons (Fsp3) is 0.250. The lowest BCUT2D eigenvalue weighted by molar-refractivity contribution is 0.0738. The van der Waals surface area contributed by atoms with Crippen LogP contribution in [0.4, 0.5) is 0 Å². The van der Waals surface area contributed by atoms with Gasteiger partial charge in [-0.3, -0.25) is 4.79 Å². The second-order valence-electron chi connectivity index (χ2n) is 6.46. The predicted octanol–water partition coefficient (Wildman–Crippen LogP) is 4.20. The normalized spacial score (nSPS) is 15.9. The molecule has 0 atom stereocenters. The number of carbonyl (C=O) groups is 1. The van der Waals surface area contributed by atoms with Gasteiger partial charge in [0, 0.05) is 23.5 Å². The Bertz CT molecular complexity index is 930. The molecule has 3 heteroatoms. The summed E-state index contributed by atoms with van der Waals surface area (Å²) in [5.74, 6) is 0.178. The first-order valence-electron chi connectivity index (χ1n) is 8.19. The Kier molecular flexibility index (Phi) is 2.86. The van der Waals surface area contributed by atoms with Crippen molar-refractivity contribution >= 4 is 28.0 Å². The minimum absolute atomic E-state index is 0.178. The number of benzene rings is 2. The topological polar surface area (TPSA) is 20.3 Å². The van der Waals surface area contributed by atoms with Crippen LogP contribution >= 0.6 is 11.3 Å². The van der Waals surface area contributed by atoms with Crippen molar-refractivity contribution < 1.29 is 4.79 Å². The van der Waals surface area contributed by atoms with E-state index >= 15 is 0 Å². The van der Waals surface area contributed by atoms with E-state index in [4.69, 9.17) is 0 Å². The average Bonchev–Trinajstić information content (AvgIpc) is 3.22. The first-order chi connectivity index (χ1) is 11.3. The van der Waals surface area contributed by atoms with E-state index < -0.39 is 0 Å². The summed E-state index contributed by atoms with van der Waals surface area (Å²) >= 11 is 1.81. The third-order valence-corrected chi connectivity index (χ3v) is 6.23. The van der Waals surface area contributed by atoms with Crippen LogP contribution in [0.15, 0.2) is 41.8 Å². The largest absolute Gasteiger partial charge is 0.334 e. The van der Waals surface area contributed by atoms with Crippen molar-refractivity contribution in [1.82, 2.24) is 4.90 Å². The summed E-state index contributed by atoms with van der Waals surface area (Å²) in [5, 5.41) is 4.60. The standard InChI is InChI=1S/C20H17NOS/c22-20(21-10-8-18-15(12-21)9-11-23-18)17-7-6-14-5-4-13-2-1-3-16(17)19(13)14/h1-3,6-7,9,11H,4-5,8,10,12H2. The number of carbonyl (C=O) groups excluding carboxylic acids is 1. The Morgan fingerprint density at radius 3 is 2.74 bits per heavy atom. The maximum atomic E-state index is 13.1. The van der Waals surface area contributed by atoms with Crippen LogP contribution in [0.25, 0.3) is 10.8 Å². The van der Waals surface area contributed by atoms with Crippen LogP contribution in [0, 0.1) is 0 Å². The molecule has 23 heavy (non-hydrogen) atoms. The lowest BCUT2D eigenvalue weighted by Crippen LogP contribution is -2.35. The molecule has 2 aliphatic rings. The fourth-order valence-electron chi connectivity index (χ4n) is 4.03. The van der Waals surface area contributed by atoms with Gasteiger partial charge in [-0.25, -0.2) is 0 Å². The van der Waals surface area contributed by atoms with Gasteiger partial charge in [0.2, 0.25) is 0 Å². The Morgan fingerprint density at radius 1 is 0.957 bits per heavy atom. The van der Waals surface area contributed by atoms with Crippen LogP contribution in [0.3, 0.4) is 0 Å². The fourth-order valence-corrected chi connectivity index (χ4v) is 4.92. The lowest BCUT2D eigenvalue weighted by atomic mass is 9.98. The van der Waals surface area contributed by atoms with Crippen molar-refractivity contribution in [3.8, 4) is 0 Å². The van der Waals surface area contributed by atoms with Crippen molar-refractivity contribution in [3.63, 3.8) is 0 Å². The number of hydrogen-bond acceptors (Lipinski definition) is 2. The molecule has 0 radical (unpaired) electrons. The first-order valence-corrected chi connectivity index (χ1v) is 9.07. The van der Waals surface area contributed by atoms with Crippen molar-refractivity contribution in [3.05, 3.63) is 68.9 Å². The van der Waals surface area contributed by atoms with Crippen molar-refractivity contribution in [2.24, 2.45) is 0 Å². The number of amides is 1. The number of thiophene rings is 1. The van der Waals surface area contributed by atoms with Gasteiger partial charge in [-0.1, -0.05) is 24.3 Å². The van der Waals surface area contributed by atoms with Gasteiger partial charge in [0.1, 0.15) is 0 Å². The molecule has 2 nitrogen and oxygen atoms in total. The minimum Gasteiger partial charge on any atom is -0.334 e. The van der Waals surface area contributed by atoms with E-state index in [0.717, 1.165) is 43.3 Å². The molecule has 0 spiro atoms. The maximum Gasteiger partial charge on any atom is 0.254 e. The Hall–Kier alpha value is -2.13. The molecular weight excluding hydrogens is 302 g/mol. The molecular formula is C20H17NOS. The van der Waals surface area contributed by atoms with E-state index in [1.54, 1.807) is 0 Å². The van der Waals surface area contributed by atoms with Crippen LogP contribution in [-0.4, -0.2) is 17.4 Å². The second-order valence-corrected chi connectivity index (χ2v) is 7.46. The van der Waals surface area contributed by atoms with Gasteiger partial charge in [-0.15, -0.1) is 11.3 Å². The van der Waals surface area contributed by atoms with Crippen LogP contribution < -0.4 is 0 Å². The summed E-state index contributed by atoms with van der Waals surface area (Å²) in [7, 11) is 0. The van der Waals surface area contributed by atoms with Gasteiger partial charge in [0.25, 0.3) is 5.91 Å². The molecule has 1 aliphatic carbocycles. The highest BCUT2D eigenvalue weighted by Crippen LogP contribution is 2.34. The molecule has 0 fully saturated rings. The highest BCUT2D eigenvalue weighted by atomic mass is 32.1. The summed E-state index contributed by atoms with van der Waals surface area (Å²) in [5.41, 5.74) is 4.98. The molecule has 5 rings (SSSR count). The molecule has 1 aromatic heterocycles. The van der Waals surface area contributed by atoms with Gasteiger partial charge >= 0.3 is 0 Å². The van der Waals surface area contributed by atoms with E-state index in [1.807, 2.05) is 22.3 Å². The Balaban J connectivity index is 1.58. The summed E-state index contributed by atoms with van der Waals surface area (Å²) in [6.07, 6.45) is 3.19. The van der Waals surface area contributed by atoms with Gasteiger partial charge < -0.3 is 4.90 Å². The predicted molar refractivity (Wildman–Crippen MR) is 94.1 cm³/mol. The molecule has 0 saturated heterocycles. The maximum absolute atomic E-state index is 13.1. The smallest absolute Gasteiger partial charge is 0.254 e. The molecule has 0 N–H and O–H groups in total. The molecule has 2 aromatic carbocycles. The van der Waals surface area contributed by atoms with Gasteiger partial charge in [-0.05, 0) is 64.2 Å². The van der Waals surface area contributed by atoms with Crippen LogP contribution in [-0.2, 0) is 25.8 Å². The Morgan fingerprint density at radius 2 is 1.83 bits per heavy atom. The van der Waals surface area contributed by atoms with Gasteiger partial charge in [0.15, 0.2) is 0 Å². The number of hydrogen-bond donors (Lipinski definition) is 0. The van der Waals surface area contributed by atoms with Crippen molar-refractivity contribution in [2.45, 2.75) is 25.8 Å². The van der Waals surface area contributed by atoms with Crippen molar-refractivity contribution in [2.75, 3.05) is 6.54 Å². The number of aryl methyl sites for hydroxylation is 2. The molecule has 2 heterocycles. The molecule has 3 aromatic rings. The van der Waals surface area contributed by atoms with Gasteiger partial charge in [0.05, 0.1) is 0 Å². The second kappa shape index (κ2) is 4.93. The molecule has 0 bridgehead atoms. The third-order valence-electron chi connectivity index (χ3n) is 5.20. The van der Waals surface area contributed by atoms with E-state index in [-0.39, 0.29) is 5.91 Å². The van der Waals surface area contributed by atoms with Crippen LogP contribution in [0.5, 0.6) is 0 Å². The number of rotatable bonds is 1. The summed E-state index contributed by atoms with van der Waals surface area (Å²) in [6, 6.07) is 12.8. The van der Waals surface area contributed by atoms with E-state index in [0.29, 0.717) is 0 Å². The molecule has 0 unspecified atom stereocenters. The summed E-state index contributed by atoms with van der Waals surface area (Å²) in [6.45, 7) is 1.58. The van der Waals surface area contributed by atoms with Crippen molar-refractivity contribution in [1.29, 1.82) is 0 Å². The van der Waals surface area contributed by atoms with Gasteiger partial charge in [-0.2, -0.15) is 0 Å². The van der Waals surface area contributed by atoms with E-state index in [1.165, 1.54) is 27.0 Å². The summed E-state index contributed by atoms with van der Waals surface area (Å²) in [4.78, 5) is 16.6. The zero-order valence-electron chi connectivity index (χ0n) is 12.8. The molecule has 1 aliphatic heterocycles. The SMILES string of the molecule is O=C(c1ccc2c3c(cccc13)CC2)N1CCc2sccc2C1. The lowest BCUT2D eigenvalue weighted by Gasteiger charge is -2.27. The average molecular weight is 319 g/mol. The molecule has 1 amide bonds. The summed E-state index contributed by atoms with van der Waals surface area (Å²) < 4.78 is 0. The first kappa shape index (κ1) is 13.3. The van der Waals surface area contributed by atoms with E-state index in [9.17, 15) is 4.79 Å². The highest BCUT2D eigenvalue weighted by Gasteiger charge is 2.25. The zero-order valence-corrected chi connectivity index (χ0v) is 13.7. The Labute approximate surface area is 139 Å². The van der Waals surface area contributed by atoms with E-state index in [2.05, 4.69) is 35.7 Å². The third kappa shape index (κ3) is 1.96. The van der Waals surface area contributed by atoms with Crippen LogP contribution in [0.1, 0.15) is 31.9 Å².